The summed E-state index contributed by atoms with van der Waals surface area (Å²) in [6, 6.07) is 9.82. The lowest BCUT2D eigenvalue weighted by Crippen LogP contribution is -2.33. The molecule has 1 unspecified atom stereocenters. The van der Waals surface area contributed by atoms with Crippen LogP contribution in [0.25, 0.3) is 5.69 Å². The van der Waals surface area contributed by atoms with Crippen molar-refractivity contribution in [2.45, 2.75) is 39.2 Å². The second-order valence-corrected chi connectivity index (χ2v) is 6.43. The Bertz CT molecular complexity index is 633. The van der Waals surface area contributed by atoms with Crippen LogP contribution in [0.15, 0.2) is 36.5 Å². The lowest BCUT2D eigenvalue weighted by atomic mass is 9.92. The highest BCUT2D eigenvalue weighted by atomic mass is 16.2. The molecule has 1 amide bonds. The summed E-state index contributed by atoms with van der Waals surface area (Å²) in [4.78, 5) is 13.7. The first-order chi connectivity index (χ1) is 10.0. The Morgan fingerprint density at radius 2 is 2.10 bits per heavy atom. The number of para-hydroxylation sites is 1. The quantitative estimate of drug-likeness (QED) is 0.942. The second kappa shape index (κ2) is 5.31. The monoisotopic (exact) mass is 284 g/mol. The van der Waals surface area contributed by atoms with Crippen LogP contribution in [0.3, 0.4) is 0 Å². The zero-order valence-corrected chi connectivity index (χ0v) is 12.4. The summed E-state index contributed by atoms with van der Waals surface area (Å²) >= 11 is 0. The summed E-state index contributed by atoms with van der Waals surface area (Å²) in [5.74, 6) is -0.139. The predicted molar refractivity (Wildman–Crippen MR) is 80.2 cm³/mol. The number of hydrogen-bond acceptors (Lipinski definition) is 3. The van der Waals surface area contributed by atoms with Crippen LogP contribution in [0.4, 0.5) is 0 Å². The van der Waals surface area contributed by atoms with Gasteiger partial charge in [-0.05, 0) is 36.8 Å². The minimum absolute atomic E-state index is 0.139. The van der Waals surface area contributed by atoms with E-state index in [1.165, 1.54) is 11.0 Å². The van der Waals surface area contributed by atoms with Crippen molar-refractivity contribution in [3.05, 3.63) is 42.2 Å². The number of carbonyl (C=O) groups excluding carboxylic acids is 1. The third-order valence-electron chi connectivity index (χ3n) is 4.02. The number of aromatic nitrogens is 3. The zero-order valence-electron chi connectivity index (χ0n) is 12.4. The molecule has 1 atom stereocenters. The molecule has 1 aliphatic carbocycles. The van der Waals surface area contributed by atoms with E-state index >= 15 is 0 Å². The number of rotatable bonds is 3. The largest absolute Gasteiger partial charge is 0.348 e. The maximum Gasteiger partial charge on any atom is 0.273 e. The summed E-state index contributed by atoms with van der Waals surface area (Å²) in [5.41, 5.74) is 1.53. The van der Waals surface area contributed by atoms with Crippen LogP contribution in [-0.4, -0.2) is 26.9 Å². The smallest absolute Gasteiger partial charge is 0.273 e. The molecule has 5 nitrogen and oxygen atoms in total. The normalized spacial score (nSPS) is 20.4. The van der Waals surface area contributed by atoms with Gasteiger partial charge in [0.1, 0.15) is 0 Å². The molecule has 0 saturated heterocycles. The molecule has 1 heterocycles. The van der Waals surface area contributed by atoms with Gasteiger partial charge in [-0.3, -0.25) is 4.79 Å². The van der Waals surface area contributed by atoms with Gasteiger partial charge in [-0.15, -0.1) is 5.10 Å². The first-order valence-corrected chi connectivity index (χ1v) is 7.32. The molecule has 0 radical (unpaired) electrons. The molecule has 2 aromatic rings. The molecule has 110 valence electrons. The van der Waals surface area contributed by atoms with Gasteiger partial charge in [0.25, 0.3) is 5.91 Å². The van der Waals surface area contributed by atoms with E-state index in [1.807, 2.05) is 30.3 Å². The van der Waals surface area contributed by atoms with Crippen molar-refractivity contribution < 1.29 is 4.79 Å². The van der Waals surface area contributed by atoms with E-state index in [0.29, 0.717) is 11.1 Å². The summed E-state index contributed by atoms with van der Waals surface area (Å²) < 4.78 is 0. The third-order valence-corrected chi connectivity index (χ3v) is 4.02. The lowest BCUT2D eigenvalue weighted by molar-refractivity contribution is 0.0930. The Morgan fingerprint density at radius 1 is 1.33 bits per heavy atom. The van der Waals surface area contributed by atoms with Crippen molar-refractivity contribution >= 4 is 5.91 Å². The van der Waals surface area contributed by atoms with Gasteiger partial charge in [-0.25, -0.2) is 0 Å². The molecule has 1 aromatic carbocycles. The fourth-order valence-electron chi connectivity index (χ4n) is 2.87. The van der Waals surface area contributed by atoms with Gasteiger partial charge >= 0.3 is 0 Å². The second-order valence-electron chi connectivity index (χ2n) is 6.43. The number of carbonyl (C=O) groups is 1. The molecule has 0 spiro atoms. The Kier molecular flexibility index (Phi) is 3.49. The minimum atomic E-state index is -0.139. The van der Waals surface area contributed by atoms with E-state index in [-0.39, 0.29) is 11.9 Å². The molecule has 1 aliphatic rings. The number of benzene rings is 1. The SMILES string of the molecule is CC1(C)CCC(NC(=O)c2cnn(-c3ccccc3)n2)C1. The van der Waals surface area contributed by atoms with E-state index in [2.05, 4.69) is 29.4 Å². The molecule has 1 N–H and O–H groups in total. The van der Waals surface area contributed by atoms with Gasteiger partial charge in [0, 0.05) is 6.04 Å². The van der Waals surface area contributed by atoms with Crippen molar-refractivity contribution in [1.29, 1.82) is 0 Å². The Hall–Kier alpha value is -2.17. The van der Waals surface area contributed by atoms with Gasteiger partial charge < -0.3 is 5.32 Å². The summed E-state index contributed by atoms with van der Waals surface area (Å²) in [5, 5.41) is 11.5. The molecule has 21 heavy (non-hydrogen) atoms. The highest BCUT2D eigenvalue weighted by Crippen LogP contribution is 2.36. The van der Waals surface area contributed by atoms with E-state index in [0.717, 1.165) is 24.9 Å². The van der Waals surface area contributed by atoms with Crippen LogP contribution in [0.1, 0.15) is 43.6 Å². The maximum absolute atomic E-state index is 12.2. The lowest BCUT2D eigenvalue weighted by Gasteiger charge is -2.17. The van der Waals surface area contributed by atoms with Crippen LogP contribution in [-0.2, 0) is 0 Å². The van der Waals surface area contributed by atoms with Gasteiger partial charge in [0.2, 0.25) is 0 Å². The van der Waals surface area contributed by atoms with E-state index in [4.69, 9.17) is 0 Å². The van der Waals surface area contributed by atoms with Crippen molar-refractivity contribution in [2.75, 3.05) is 0 Å². The maximum atomic E-state index is 12.2. The molecule has 0 bridgehead atoms. The molecule has 1 saturated carbocycles. The first-order valence-electron chi connectivity index (χ1n) is 7.32. The van der Waals surface area contributed by atoms with E-state index < -0.39 is 0 Å². The molecular weight excluding hydrogens is 264 g/mol. The molecular formula is C16H20N4O. The van der Waals surface area contributed by atoms with Crippen molar-refractivity contribution in [3.63, 3.8) is 0 Å². The van der Waals surface area contributed by atoms with Crippen molar-refractivity contribution in [3.8, 4) is 5.69 Å². The average molecular weight is 284 g/mol. The highest BCUT2D eigenvalue weighted by Gasteiger charge is 2.32. The average Bonchev–Trinajstić information content (AvgIpc) is 3.07. The minimum Gasteiger partial charge on any atom is -0.348 e. The van der Waals surface area contributed by atoms with Crippen LogP contribution >= 0.6 is 0 Å². The van der Waals surface area contributed by atoms with Gasteiger partial charge in [0.05, 0.1) is 11.9 Å². The number of amides is 1. The number of nitrogens with zero attached hydrogens (tertiary/aromatic N) is 3. The Labute approximate surface area is 124 Å². The van der Waals surface area contributed by atoms with Crippen LogP contribution in [0, 0.1) is 5.41 Å². The van der Waals surface area contributed by atoms with E-state index in [1.54, 1.807) is 0 Å². The fourth-order valence-corrected chi connectivity index (χ4v) is 2.87. The van der Waals surface area contributed by atoms with Gasteiger partial charge in [-0.1, -0.05) is 32.0 Å². The first kappa shape index (κ1) is 13.8. The molecule has 5 heteroatoms. The van der Waals surface area contributed by atoms with Gasteiger partial charge in [0.15, 0.2) is 5.69 Å². The summed E-state index contributed by atoms with van der Waals surface area (Å²) in [6.45, 7) is 4.48. The molecule has 1 fully saturated rings. The molecule has 3 rings (SSSR count). The van der Waals surface area contributed by atoms with Crippen LogP contribution in [0.2, 0.25) is 0 Å². The number of hydrogen-bond donors (Lipinski definition) is 1. The topological polar surface area (TPSA) is 59.8 Å². The highest BCUT2D eigenvalue weighted by molar-refractivity contribution is 5.92. The summed E-state index contributed by atoms with van der Waals surface area (Å²) in [7, 11) is 0. The molecule has 0 aliphatic heterocycles. The predicted octanol–water partition coefficient (Wildman–Crippen LogP) is 2.58. The summed E-state index contributed by atoms with van der Waals surface area (Å²) in [6.07, 6.45) is 4.72. The van der Waals surface area contributed by atoms with Crippen molar-refractivity contribution in [1.82, 2.24) is 20.3 Å². The van der Waals surface area contributed by atoms with Crippen molar-refractivity contribution in [2.24, 2.45) is 5.41 Å². The third kappa shape index (κ3) is 3.12. The van der Waals surface area contributed by atoms with Gasteiger partial charge in [-0.2, -0.15) is 9.90 Å². The van der Waals surface area contributed by atoms with Crippen LogP contribution in [0.5, 0.6) is 0 Å². The standard InChI is InChI=1S/C16H20N4O/c1-16(2)9-8-12(10-16)18-15(21)14-11-17-20(19-14)13-6-4-3-5-7-13/h3-7,11-12H,8-10H2,1-2H3,(H,18,21). The Balaban J connectivity index is 1.68. The van der Waals surface area contributed by atoms with E-state index in [9.17, 15) is 4.79 Å². The Morgan fingerprint density at radius 3 is 2.76 bits per heavy atom. The van der Waals surface area contributed by atoms with Crippen LogP contribution < -0.4 is 5.32 Å². The molecule has 1 aromatic heterocycles. The zero-order chi connectivity index (χ0) is 14.9. The number of nitrogens with one attached hydrogen (secondary N) is 1. The fraction of sp³-hybridized carbons (Fsp3) is 0.438.